The number of nitrogens with zero attached hydrogens (tertiary/aromatic N) is 4. The number of amides is 1. The van der Waals surface area contributed by atoms with E-state index in [1.807, 2.05) is 6.07 Å². The van der Waals surface area contributed by atoms with Gasteiger partial charge in [0.15, 0.2) is 22.3 Å². The zero-order valence-electron chi connectivity index (χ0n) is 36.9. The second-order valence-electron chi connectivity index (χ2n) is 19.2. The van der Waals surface area contributed by atoms with E-state index in [4.69, 9.17) is 21.1 Å². The monoisotopic (exact) mass is 921 g/mol. The Balaban J connectivity index is 0.872. The molecule has 0 bridgehead atoms. The Morgan fingerprint density at radius 3 is 2.54 bits per heavy atom. The van der Waals surface area contributed by atoms with E-state index in [1.165, 1.54) is 42.9 Å². The van der Waals surface area contributed by atoms with Crippen molar-refractivity contribution in [2.45, 2.75) is 113 Å². The van der Waals surface area contributed by atoms with Crippen molar-refractivity contribution in [1.29, 1.82) is 0 Å². The van der Waals surface area contributed by atoms with Gasteiger partial charge < -0.3 is 24.7 Å². The third-order valence-corrected chi connectivity index (χ3v) is 16.5. The summed E-state index contributed by atoms with van der Waals surface area (Å²) in [6.45, 7) is 7.60. The minimum Gasteiger partial charge on any atom is -0.489 e. The zero-order chi connectivity index (χ0) is 45.0. The maximum atomic E-state index is 14.1. The van der Waals surface area contributed by atoms with Gasteiger partial charge in [0.2, 0.25) is 0 Å². The van der Waals surface area contributed by atoms with E-state index in [9.17, 15) is 23.3 Å². The van der Waals surface area contributed by atoms with E-state index >= 15 is 0 Å². The highest BCUT2D eigenvalue weighted by Gasteiger charge is 2.50. The fourth-order valence-corrected chi connectivity index (χ4v) is 12.6. The number of piperidine rings is 1. The summed E-state index contributed by atoms with van der Waals surface area (Å²) in [5.41, 5.74) is 4.24. The molecule has 1 spiro atoms. The Hall–Kier alpha value is -5.38. The highest BCUT2D eigenvalue weighted by molar-refractivity contribution is 7.90. The molecule has 0 unspecified atom stereocenters. The number of carbonyl (C=O) groups is 1. The summed E-state index contributed by atoms with van der Waals surface area (Å²) in [5.74, 6) is 0.114. The van der Waals surface area contributed by atoms with Gasteiger partial charge in [-0.2, -0.15) is 0 Å². The molecule has 2 aromatic heterocycles. The normalized spacial score (nSPS) is 21.4. The number of nitrogens with one attached hydrogen (secondary N) is 3. The Morgan fingerprint density at radius 1 is 0.985 bits per heavy atom. The zero-order valence-corrected chi connectivity index (χ0v) is 38.4. The van der Waals surface area contributed by atoms with Crippen LogP contribution in [0, 0.1) is 21.4 Å². The third-order valence-electron chi connectivity index (χ3n) is 14.9. The summed E-state index contributed by atoms with van der Waals surface area (Å²) in [7, 11) is -4.65. The van der Waals surface area contributed by atoms with Gasteiger partial charge in [0.05, 0.1) is 21.4 Å². The van der Waals surface area contributed by atoms with Crippen LogP contribution in [0.25, 0.3) is 11.0 Å². The molecule has 342 valence electrons. The second-order valence-corrected chi connectivity index (χ2v) is 21.2. The molecule has 2 atom stereocenters. The van der Waals surface area contributed by atoms with Crippen LogP contribution in [0.15, 0.2) is 77.8 Å². The molecule has 14 nitrogen and oxygen atoms in total. The first-order chi connectivity index (χ1) is 31.3. The van der Waals surface area contributed by atoms with Crippen LogP contribution in [0.1, 0.15) is 118 Å². The summed E-state index contributed by atoms with van der Waals surface area (Å²) in [4.78, 5) is 37.9. The Kier molecular flexibility index (Phi) is 11.7. The highest BCUT2D eigenvalue weighted by atomic mass is 35.5. The van der Waals surface area contributed by atoms with Crippen LogP contribution in [-0.2, 0) is 10.0 Å². The van der Waals surface area contributed by atoms with Crippen LogP contribution in [-0.4, -0.2) is 72.4 Å². The number of nitro benzene ring substituents is 1. The van der Waals surface area contributed by atoms with Crippen LogP contribution >= 0.6 is 11.6 Å². The minimum atomic E-state index is -4.65. The van der Waals surface area contributed by atoms with E-state index in [2.05, 4.69) is 67.9 Å². The lowest BCUT2D eigenvalue weighted by molar-refractivity contribution is -0.384. The molecule has 3 N–H and O–H groups in total. The average Bonchev–Trinajstić information content (AvgIpc) is 3.97. The van der Waals surface area contributed by atoms with Crippen molar-refractivity contribution in [2.24, 2.45) is 11.3 Å². The highest BCUT2D eigenvalue weighted by Crippen LogP contribution is 2.54. The van der Waals surface area contributed by atoms with E-state index in [1.54, 1.807) is 30.5 Å². The number of carbonyl (C=O) groups excluding carboxylic acids is 1. The SMILES string of the molecule is CC(C)c1ccccc1[C@H]1CCCN1C1CC2(CCN(c3ccc(C(=O)NS(=O)(=O)c4cc5c(c([N+](=O)[O-])c4)N[C@@H](C4CCCCC4)CO5)c(Oc4cc5cc[nH]c5nc4Cl)c3)CC2)C1. The maximum absolute atomic E-state index is 14.1. The van der Waals surface area contributed by atoms with Gasteiger partial charge in [-0.25, -0.2) is 18.1 Å². The molecular weight excluding hydrogens is 866 g/mol. The molecule has 3 aromatic carbocycles. The number of aromatic nitrogens is 2. The first-order valence-corrected chi connectivity index (χ1v) is 25.0. The van der Waals surface area contributed by atoms with Crippen LogP contribution < -0.4 is 24.4 Å². The minimum absolute atomic E-state index is 0.0446. The topological polar surface area (TPSA) is 172 Å². The number of rotatable bonds is 11. The molecule has 2 saturated heterocycles. The van der Waals surface area contributed by atoms with Gasteiger partial charge in [-0.3, -0.25) is 19.8 Å². The van der Waals surface area contributed by atoms with Gasteiger partial charge in [0.25, 0.3) is 21.6 Å². The molecule has 2 saturated carbocycles. The smallest absolute Gasteiger partial charge is 0.297 e. The van der Waals surface area contributed by atoms with Gasteiger partial charge >= 0.3 is 0 Å². The Labute approximate surface area is 384 Å². The first kappa shape index (κ1) is 43.5. The van der Waals surface area contributed by atoms with E-state index in [0.29, 0.717) is 29.6 Å². The first-order valence-electron chi connectivity index (χ1n) is 23.2. The van der Waals surface area contributed by atoms with E-state index < -0.39 is 31.4 Å². The number of benzene rings is 3. The molecule has 2 aliphatic carbocycles. The molecule has 10 rings (SSSR count). The number of sulfonamides is 1. The van der Waals surface area contributed by atoms with E-state index in [0.717, 1.165) is 81.7 Å². The number of fused-ring (bicyclic) bond motifs is 2. The number of aromatic amines is 1. The van der Waals surface area contributed by atoms with Crippen molar-refractivity contribution in [3.63, 3.8) is 0 Å². The molecule has 3 aliphatic heterocycles. The summed E-state index contributed by atoms with van der Waals surface area (Å²) >= 11 is 6.61. The molecule has 65 heavy (non-hydrogen) atoms. The fraction of sp³-hybridized carbons (Fsp3) is 0.469. The Morgan fingerprint density at radius 2 is 1.77 bits per heavy atom. The number of halogens is 1. The number of nitro groups is 1. The number of anilines is 2. The second kappa shape index (κ2) is 17.4. The largest absolute Gasteiger partial charge is 0.489 e. The van der Waals surface area contributed by atoms with Crippen LogP contribution in [0.2, 0.25) is 5.15 Å². The standard InChI is InChI=1S/C49H56ClN7O7S/c1-30(2)36-11-6-7-12-37(36)40-13-8-20-56(40)34-27-49(28-34)17-21-55(22-18-49)33-14-15-38(42(24-33)64-44-23-32-16-19-51-47(32)53-46(44)50)48(58)54-65(61,62)35-25-41(57(59)60)45-43(26-35)63-29-39(52-45)31-9-4-3-5-10-31/h6-7,11-12,14-16,19,23-26,30-31,34,39-40,52H,3-5,8-10,13,17-18,20-22,27-29H2,1-2H3,(H,51,53)(H,54,58)/t39-,40-/m1/s1. The van der Waals surface area contributed by atoms with Crippen molar-refractivity contribution >= 4 is 55.6 Å². The Bertz CT molecular complexity index is 2740. The fourth-order valence-electron chi connectivity index (χ4n) is 11.4. The number of H-pyrrole nitrogens is 1. The summed E-state index contributed by atoms with van der Waals surface area (Å²) in [6.07, 6.45) is 13.9. The molecule has 16 heteroatoms. The predicted molar refractivity (Wildman–Crippen MR) is 251 cm³/mol. The summed E-state index contributed by atoms with van der Waals surface area (Å²) in [6, 6.07) is 20.7. The van der Waals surface area contributed by atoms with Crippen molar-refractivity contribution in [3.05, 3.63) is 105 Å². The average molecular weight is 923 g/mol. The van der Waals surface area contributed by atoms with Crippen LogP contribution in [0.3, 0.4) is 0 Å². The molecule has 5 heterocycles. The maximum Gasteiger partial charge on any atom is 0.297 e. The van der Waals surface area contributed by atoms with Gasteiger partial charge in [-0.1, -0.05) is 69.0 Å². The van der Waals surface area contributed by atoms with Crippen molar-refractivity contribution < 1.29 is 27.6 Å². The summed E-state index contributed by atoms with van der Waals surface area (Å²) < 4.78 is 42.4. The van der Waals surface area contributed by atoms with Crippen molar-refractivity contribution in [2.75, 3.05) is 36.5 Å². The lowest BCUT2D eigenvalue weighted by Crippen LogP contribution is -2.54. The number of hydrogen-bond acceptors (Lipinski definition) is 11. The van der Waals surface area contributed by atoms with Gasteiger partial charge in [-0.15, -0.1) is 0 Å². The van der Waals surface area contributed by atoms with Gasteiger partial charge in [0, 0.05) is 60.6 Å². The molecule has 1 amide bonds. The lowest BCUT2D eigenvalue weighted by Gasteiger charge is -2.56. The molecule has 4 fully saturated rings. The third kappa shape index (κ3) is 8.51. The van der Waals surface area contributed by atoms with Gasteiger partial charge in [0.1, 0.15) is 18.0 Å². The lowest BCUT2D eigenvalue weighted by atomic mass is 9.59. The van der Waals surface area contributed by atoms with Crippen LogP contribution in [0.5, 0.6) is 17.2 Å². The van der Waals surface area contributed by atoms with Crippen molar-refractivity contribution in [1.82, 2.24) is 19.6 Å². The summed E-state index contributed by atoms with van der Waals surface area (Å²) in [5, 5.41) is 16.4. The molecule has 0 radical (unpaired) electrons. The number of hydrogen-bond donors (Lipinski definition) is 3. The number of likely N-dealkylation sites (tertiary alicyclic amines) is 1. The van der Waals surface area contributed by atoms with Gasteiger partial charge in [-0.05, 0) is 111 Å². The molecular formula is C49H56ClN7O7S. The number of pyridine rings is 1. The van der Waals surface area contributed by atoms with Crippen LogP contribution in [0.4, 0.5) is 17.1 Å². The van der Waals surface area contributed by atoms with Crippen molar-refractivity contribution in [3.8, 4) is 17.2 Å². The predicted octanol–water partition coefficient (Wildman–Crippen LogP) is 10.5. The quantitative estimate of drug-likeness (QED) is 0.0654. The molecule has 5 aliphatic rings. The molecule has 5 aromatic rings. The van der Waals surface area contributed by atoms with E-state index in [-0.39, 0.29) is 51.7 Å². The number of ether oxygens (including phenoxy) is 2.